The van der Waals surface area contributed by atoms with Crippen LogP contribution in [0.5, 0.6) is 0 Å². The Kier molecular flexibility index (Phi) is 3.14. The van der Waals surface area contributed by atoms with Gasteiger partial charge in [0.25, 0.3) is 0 Å². The van der Waals surface area contributed by atoms with E-state index in [0.29, 0.717) is 4.88 Å². The minimum absolute atomic E-state index is 0.00537. The van der Waals surface area contributed by atoms with Gasteiger partial charge >= 0.3 is 5.97 Å². The van der Waals surface area contributed by atoms with Crippen molar-refractivity contribution < 1.29 is 9.90 Å². The number of carboxylic acids is 1. The molecule has 0 aliphatic heterocycles. The van der Waals surface area contributed by atoms with Crippen LogP contribution in [0, 0.1) is 11.3 Å². The number of aliphatic carboxylic acids is 1. The first-order valence-corrected chi connectivity index (χ1v) is 4.92. The van der Waals surface area contributed by atoms with E-state index in [4.69, 9.17) is 10.4 Å². The number of nitriles is 1. The van der Waals surface area contributed by atoms with Crippen molar-refractivity contribution in [2.45, 2.75) is 4.90 Å². The highest BCUT2D eigenvalue weighted by atomic mass is 32.2. The van der Waals surface area contributed by atoms with Gasteiger partial charge in [-0.2, -0.15) is 5.26 Å². The molecular weight excluding hydrogens is 194 g/mol. The van der Waals surface area contributed by atoms with Gasteiger partial charge in [0, 0.05) is 4.90 Å². The number of nitrogens with zero attached hydrogens (tertiary/aromatic N) is 1. The molecule has 1 heterocycles. The minimum Gasteiger partial charge on any atom is -0.481 e. The summed E-state index contributed by atoms with van der Waals surface area (Å²) in [5, 5.41) is 18.7. The average Bonchev–Trinajstić information content (AvgIpc) is 2.47. The Labute approximate surface area is 77.6 Å². The van der Waals surface area contributed by atoms with Crippen LogP contribution in [0.3, 0.4) is 0 Å². The second-order valence-electron chi connectivity index (χ2n) is 1.91. The summed E-state index contributed by atoms with van der Waals surface area (Å²) in [6.07, 6.45) is 0. The van der Waals surface area contributed by atoms with Crippen molar-refractivity contribution in [2.24, 2.45) is 0 Å². The topological polar surface area (TPSA) is 61.1 Å². The van der Waals surface area contributed by atoms with Crippen molar-refractivity contribution in [3.05, 3.63) is 16.3 Å². The zero-order chi connectivity index (χ0) is 8.97. The number of thioether (sulfide) groups is 1. The lowest BCUT2D eigenvalue weighted by Crippen LogP contribution is -1.97. The molecule has 0 atom stereocenters. The predicted molar refractivity (Wildman–Crippen MR) is 47.4 cm³/mol. The van der Waals surface area contributed by atoms with Crippen LogP contribution < -0.4 is 0 Å². The molecule has 0 spiro atoms. The first-order valence-electron chi connectivity index (χ1n) is 3.06. The number of rotatable bonds is 3. The fraction of sp³-hybridized carbons (Fsp3) is 0.143. The van der Waals surface area contributed by atoms with Crippen LogP contribution in [0.2, 0.25) is 0 Å². The van der Waals surface area contributed by atoms with Gasteiger partial charge in [0.05, 0.1) is 5.75 Å². The van der Waals surface area contributed by atoms with E-state index in [1.54, 1.807) is 11.4 Å². The molecule has 1 aromatic heterocycles. The van der Waals surface area contributed by atoms with Crippen molar-refractivity contribution >= 4 is 29.1 Å². The van der Waals surface area contributed by atoms with Crippen LogP contribution in [-0.2, 0) is 4.79 Å². The molecule has 1 N–H and O–H groups in total. The standard InChI is InChI=1S/C7H5NO2S2/c8-3-6-5(1-2-11-6)12-4-7(9)10/h1-2H,4H2,(H,9,10). The van der Waals surface area contributed by atoms with Gasteiger partial charge < -0.3 is 5.11 Å². The summed E-state index contributed by atoms with van der Waals surface area (Å²) in [4.78, 5) is 11.5. The Bertz CT molecular complexity index is 326. The first kappa shape index (κ1) is 9.10. The van der Waals surface area contributed by atoms with Gasteiger partial charge in [-0.3, -0.25) is 4.79 Å². The average molecular weight is 199 g/mol. The zero-order valence-electron chi connectivity index (χ0n) is 5.98. The third-order valence-electron chi connectivity index (χ3n) is 1.08. The van der Waals surface area contributed by atoms with Crippen LogP contribution in [-0.4, -0.2) is 16.8 Å². The van der Waals surface area contributed by atoms with Gasteiger partial charge in [0.1, 0.15) is 10.9 Å². The van der Waals surface area contributed by atoms with E-state index in [1.165, 1.54) is 23.1 Å². The Morgan fingerprint density at radius 2 is 2.58 bits per heavy atom. The van der Waals surface area contributed by atoms with E-state index < -0.39 is 5.97 Å². The Balaban J connectivity index is 2.64. The smallest absolute Gasteiger partial charge is 0.313 e. The summed E-state index contributed by atoms with van der Waals surface area (Å²) in [5.74, 6) is -0.860. The van der Waals surface area contributed by atoms with E-state index in [2.05, 4.69) is 0 Å². The van der Waals surface area contributed by atoms with E-state index in [1.807, 2.05) is 6.07 Å². The molecule has 5 heteroatoms. The highest BCUT2D eigenvalue weighted by molar-refractivity contribution is 8.00. The van der Waals surface area contributed by atoms with Gasteiger partial charge in [-0.25, -0.2) is 0 Å². The van der Waals surface area contributed by atoms with E-state index >= 15 is 0 Å². The molecule has 1 rings (SSSR count). The van der Waals surface area contributed by atoms with Crippen LogP contribution in [0.1, 0.15) is 4.88 Å². The highest BCUT2D eigenvalue weighted by Crippen LogP contribution is 2.26. The van der Waals surface area contributed by atoms with Crippen molar-refractivity contribution in [2.75, 3.05) is 5.75 Å². The van der Waals surface area contributed by atoms with E-state index in [-0.39, 0.29) is 5.75 Å². The molecule has 12 heavy (non-hydrogen) atoms. The first-order chi connectivity index (χ1) is 5.74. The predicted octanol–water partition coefficient (Wildman–Crippen LogP) is 1.80. The molecule has 0 aromatic carbocycles. The van der Waals surface area contributed by atoms with Gasteiger partial charge in [-0.1, -0.05) is 0 Å². The zero-order valence-corrected chi connectivity index (χ0v) is 7.61. The molecule has 0 saturated heterocycles. The molecule has 0 aliphatic carbocycles. The minimum atomic E-state index is -0.866. The van der Waals surface area contributed by atoms with Crippen LogP contribution in [0.25, 0.3) is 0 Å². The maximum atomic E-state index is 10.2. The van der Waals surface area contributed by atoms with Gasteiger partial charge in [0.2, 0.25) is 0 Å². The van der Waals surface area contributed by atoms with E-state index in [0.717, 1.165) is 4.90 Å². The monoisotopic (exact) mass is 199 g/mol. The second kappa shape index (κ2) is 4.14. The molecule has 62 valence electrons. The molecule has 0 fully saturated rings. The molecule has 3 nitrogen and oxygen atoms in total. The van der Waals surface area contributed by atoms with Crippen molar-refractivity contribution in [3.8, 4) is 6.07 Å². The lowest BCUT2D eigenvalue weighted by molar-refractivity contribution is -0.133. The summed E-state index contributed by atoms with van der Waals surface area (Å²) >= 11 is 2.50. The number of hydrogen-bond acceptors (Lipinski definition) is 4. The molecular formula is C7H5NO2S2. The molecule has 0 saturated carbocycles. The van der Waals surface area contributed by atoms with Crippen LogP contribution >= 0.6 is 23.1 Å². The molecule has 1 aromatic rings. The maximum Gasteiger partial charge on any atom is 0.313 e. The fourth-order valence-electron chi connectivity index (χ4n) is 0.632. The third-order valence-corrected chi connectivity index (χ3v) is 3.07. The summed E-state index contributed by atoms with van der Waals surface area (Å²) in [7, 11) is 0. The molecule has 0 aliphatic rings. The second-order valence-corrected chi connectivity index (χ2v) is 3.84. The van der Waals surface area contributed by atoms with Crippen molar-refractivity contribution in [1.29, 1.82) is 5.26 Å². The van der Waals surface area contributed by atoms with Crippen molar-refractivity contribution in [1.82, 2.24) is 0 Å². The normalized spacial score (nSPS) is 9.25. The quantitative estimate of drug-likeness (QED) is 0.754. The Morgan fingerprint density at radius 1 is 1.83 bits per heavy atom. The molecule has 0 radical (unpaired) electrons. The third kappa shape index (κ3) is 2.26. The molecule has 0 bridgehead atoms. The number of thiophene rings is 1. The summed E-state index contributed by atoms with van der Waals surface area (Å²) in [6, 6.07) is 3.76. The Hall–Kier alpha value is -0.990. The molecule has 0 unspecified atom stereocenters. The lowest BCUT2D eigenvalue weighted by atomic mass is 10.5. The number of carbonyl (C=O) groups is 1. The van der Waals surface area contributed by atoms with Gasteiger partial charge in [-0.05, 0) is 11.4 Å². The van der Waals surface area contributed by atoms with Crippen LogP contribution in [0.15, 0.2) is 16.3 Å². The largest absolute Gasteiger partial charge is 0.481 e. The Morgan fingerprint density at radius 3 is 3.17 bits per heavy atom. The lowest BCUT2D eigenvalue weighted by Gasteiger charge is -1.92. The highest BCUT2D eigenvalue weighted by Gasteiger charge is 2.05. The molecule has 0 amide bonds. The number of hydrogen-bond donors (Lipinski definition) is 1. The summed E-state index contributed by atoms with van der Waals surface area (Å²) < 4.78 is 0. The fourth-order valence-corrected chi connectivity index (χ4v) is 2.24. The summed E-state index contributed by atoms with van der Waals surface area (Å²) in [6.45, 7) is 0. The summed E-state index contributed by atoms with van der Waals surface area (Å²) in [5.41, 5.74) is 0. The van der Waals surface area contributed by atoms with Gasteiger partial charge in [0.15, 0.2) is 0 Å². The number of carboxylic acid groups (broad SMARTS) is 1. The maximum absolute atomic E-state index is 10.2. The van der Waals surface area contributed by atoms with Gasteiger partial charge in [-0.15, -0.1) is 23.1 Å². The van der Waals surface area contributed by atoms with Crippen molar-refractivity contribution in [3.63, 3.8) is 0 Å². The van der Waals surface area contributed by atoms with Crippen LogP contribution in [0.4, 0.5) is 0 Å². The van der Waals surface area contributed by atoms with E-state index in [9.17, 15) is 4.79 Å². The SMILES string of the molecule is N#Cc1sccc1SCC(=O)O.